The second-order valence-corrected chi connectivity index (χ2v) is 4.71. The topological polar surface area (TPSA) is 88.5 Å². The Bertz CT molecular complexity index is 275. The SMILES string of the molecule is COCC(C)OCC(O)CN1CCOC(C(=O)O)C1. The van der Waals surface area contributed by atoms with Gasteiger partial charge in [-0.2, -0.15) is 0 Å². The molecule has 0 aliphatic carbocycles. The van der Waals surface area contributed by atoms with Crippen LogP contribution in [-0.2, 0) is 19.0 Å². The van der Waals surface area contributed by atoms with Crippen molar-refractivity contribution in [1.82, 2.24) is 4.90 Å². The average molecular weight is 277 g/mol. The lowest BCUT2D eigenvalue weighted by atomic mass is 10.2. The van der Waals surface area contributed by atoms with E-state index in [9.17, 15) is 9.90 Å². The van der Waals surface area contributed by atoms with Gasteiger partial charge >= 0.3 is 5.97 Å². The lowest BCUT2D eigenvalue weighted by Crippen LogP contribution is -2.49. The van der Waals surface area contributed by atoms with Gasteiger partial charge in [-0.05, 0) is 6.92 Å². The van der Waals surface area contributed by atoms with E-state index >= 15 is 0 Å². The lowest BCUT2D eigenvalue weighted by molar-refractivity contribution is -0.157. The van der Waals surface area contributed by atoms with Crippen molar-refractivity contribution >= 4 is 5.97 Å². The quantitative estimate of drug-likeness (QED) is 0.599. The van der Waals surface area contributed by atoms with Crippen molar-refractivity contribution in [3.05, 3.63) is 0 Å². The highest BCUT2D eigenvalue weighted by Gasteiger charge is 2.27. The number of aliphatic carboxylic acids is 1. The molecule has 3 atom stereocenters. The first-order valence-corrected chi connectivity index (χ1v) is 6.38. The van der Waals surface area contributed by atoms with Crippen LogP contribution >= 0.6 is 0 Å². The van der Waals surface area contributed by atoms with E-state index < -0.39 is 18.2 Å². The first kappa shape index (κ1) is 16.3. The average Bonchev–Trinajstić information content (AvgIpc) is 2.37. The Morgan fingerprint density at radius 1 is 1.53 bits per heavy atom. The molecule has 3 unspecified atom stereocenters. The number of nitrogens with zero attached hydrogens (tertiary/aromatic N) is 1. The summed E-state index contributed by atoms with van der Waals surface area (Å²) in [6.07, 6.45) is -1.53. The molecule has 0 aromatic heterocycles. The van der Waals surface area contributed by atoms with Crippen LogP contribution in [0.5, 0.6) is 0 Å². The number of carboxylic acids is 1. The second kappa shape index (κ2) is 8.44. The number of morpholine rings is 1. The van der Waals surface area contributed by atoms with Crippen molar-refractivity contribution in [2.75, 3.05) is 46.6 Å². The molecule has 7 heteroatoms. The summed E-state index contributed by atoms with van der Waals surface area (Å²) in [5, 5.41) is 18.7. The van der Waals surface area contributed by atoms with Gasteiger partial charge in [0, 0.05) is 26.7 Å². The minimum Gasteiger partial charge on any atom is -0.479 e. The third-order valence-electron chi connectivity index (χ3n) is 2.87. The van der Waals surface area contributed by atoms with Crippen molar-refractivity contribution in [1.29, 1.82) is 0 Å². The molecule has 0 spiro atoms. The molecule has 112 valence electrons. The van der Waals surface area contributed by atoms with E-state index in [0.29, 0.717) is 32.8 Å². The van der Waals surface area contributed by atoms with E-state index in [4.69, 9.17) is 19.3 Å². The van der Waals surface area contributed by atoms with Crippen LogP contribution in [0, 0.1) is 0 Å². The standard InChI is InChI=1S/C12H23NO6/c1-9(7-17-2)19-8-10(14)5-13-3-4-18-11(6-13)12(15)16/h9-11,14H,3-8H2,1-2H3,(H,15,16). The molecule has 0 saturated carbocycles. The minimum atomic E-state index is -0.968. The van der Waals surface area contributed by atoms with E-state index in [1.165, 1.54) is 0 Å². The summed E-state index contributed by atoms with van der Waals surface area (Å²) in [6, 6.07) is 0. The molecule has 1 aliphatic heterocycles. The van der Waals surface area contributed by atoms with Crippen molar-refractivity contribution in [2.45, 2.75) is 25.2 Å². The number of aliphatic hydroxyl groups is 1. The van der Waals surface area contributed by atoms with Crippen LogP contribution in [0.2, 0.25) is 0 Å². The second-order valence-electron chi connectivity index (χ2n) is 4.71. The molecule has 0 bridgehead atoms. The fourth-order valence-electron chi connectivity index (χ4n) is 1.93. The highest BCUT2D eigenvalue weighted by atomic mass is 16.5. The van der Waals surface area contributed by atoms with Gasteiger partial charge in [-0.3, -0.25) is 4.90 Å². The van der Waals surface area contributed by atoms with Crippen LogP contribution < -0.4 is 0 Å². The Balaban J connectivity index is 2.24. The summed E-state index contributed by atoms with van der Waals surface area (Å²) in [6.45, 7) is 4.21. The fraction of sp³-hybridized carbons (Fsp3) is 0.917. The van der Waals surface area contributed by atoms with Crippen molar-refractivity contribution < 1.29 is 29.2 Å². The summed E-state index contributed by atoms with van der Waals surface area (Å²) < 4.78 is 15.4. The largest absolute Gasteiger partial charge is 0.479 e. The first-order valence-electron chi connectivity index (χ1n) is 6.38. The highest BCUT2D eigenvalue weighted by Crippen LogP contribution is 2.06. The molecule has 0 aromatic rings. The molecule has 19 heavy (non-hydrogen) atoms. The summed E-state index contributed by atoms with van der Waals surface area (Å²) >= 11 is 0. The molecule has 0 amide bonds. The van der Waals surface area contributed by atoms with Crippen molar-refractivity contribution in [2.24, 2.45) is 0 Å². The molecule has 1 rings (SSSR count). The fourth-order valence-corrected chi connectivity index (χ4v) is 1.93. The van der Waals surface area contributed by atoms with E-state index in [-0.39, 0.29) is 12.7 Å². The Kier molecular flexibility index (Phi) is 7.25. The maximum Gasteiger partial charge on any atom is 0.334 e. The number of β-amino-alcohol motifs (C(OH)–C–C–N with tert-alkyl or cyclic N) is 1. The predicted octanol–water partition coefficient (Wildman–Crippen LogP) is -0.816. The summed E-state index contributed by atoms with van der Waals surface area (Å²) in [7, 11) is 1.59. The third-order valence-corrected chi connectivity index (χ3v) is 2.87. The molecule has 0 aromatic carbocycles. The van der Waals surface area contributed by atoms with Gasteiger partial charge in [0.15, 0.2) is 6.10 Å². The number of aliphatic hydroxyl groups excluding tert-OH is 1. The zero-order valence-corrected chi connectivity index (χ0v) is 11.4. The van der Waals surface area contributed by atoms with Gasteiger partial charge in [0.1, 0.15) is 0 Å². The Labute approximate surface area is 113 Å². The predicted molar refractivity (Wildman–Crippen MR) is 67.1 cm³/mol. The number of carboxylic acid groups (broad SMARTS) is 1. The Morgan fingerprint density at radius 3 is 2.89 bits per heavy atom. The van der Waals surface area contributed by atoms with Crippen LogP contribution in [0.15, 0.2) is 0 Å². The zero-order chi connectivity index (χ0) is 14.3. The van der Waals surface area contributed by atoms with Crippen molar-refractivity contribution in [3.8, 4) is 0 Å². The van der Waals surface area contributed by atoms with Gasteiger partial charge in [-0.25, -0.2) is 4.79 Å². The molecular weight excluding hydrogens is 254 g/mol. The number of hydrogen-bond donors (Lipinski definition) is 2. The lowest BCUT2D eigenvalue weighted by Gasteiger charge is -2.32. The molecule has 0 radical (unpaired) electrons. The van der Waals surface area contributed by atoms with Crippen LogP contribution in [-0.4, -0.2) is 86.0 Å². The van der Waals surface area contributed by atoms with Crippen LogP contribution in [0.25, 0.3) is 0 Å². The highest BCUT2D eigenvalue weighted by molar-refractivity contribution is 5.72. The van der Waals surface area contributed by atoms with Gasteiger partial charge in [0.05, 0.1) is 32.0 Å². The molecule has 1 heterocycles. The van der Waals surface area contributed by atoms with Gasteiger partial charge < -0.3 is 24.4 Å². The third kappa shape index (κ3) is 6.31. The molecule has 1 aliphatic rings. The molecular formula is C12H23NO6. The van der Waals surface area contributed by atoms with Gasteiger partial charge in [-0.15, -0.1) is 0 Å². The molecule has 1 fully saturated rings. The van der Waals surface area contributed by atoms with E-state index in [1.807, 2.05) is 11.8 Å². The smallest absolute Gasteiger partial charge is 0.334 e. The number of rotatable bonds is 8. The normalized spacial score (nSPS) is 24.1. The van der Waals surface area contributed by atoms with Crippen LogP contribution in [0.3, 0.4) is 0 Å². The first-order chi connectivity index (χ1) is 9.02. The molecule has 7 nitrogen and oxygen atoms in total. The van der Waals surface area contributed by atoms with Crippen LogP contribution in [0.1, 0.15) is 6.92 Å². The Hall–Kier alpha value is -0.730. The van der Waals surface area contributed by atoms with E-state index in [0.717, 1.165) is 0 Å². The number of methoxy groups -OCH3 is 1. The summed E-state index contributed by atoms with van der Waals surface area (Å²) in [5.41, 5.74) is 0. The Morgan fingerprint density at radius 2 is 2.26 bits per heavy atom. The van der Waals surface area contributed by atoms with Crippen molar-refractivity contribution in [3.63, 3.8) is 0 Å². The molecule has 2 N–H and O–H groups in total. The monoisotopic (exact) mass is 277 g/mol. The minimum absolute atomic E-state index is 0.0730. The zero-order valence-electron chi connectivity index (χ0n) is 11.4. The molecule has 1 saturated heterocycles. The number of hydrogen-bond acceptors (Lipinski definition) is 6. The number of ether oxygens (including phenoxy) is 3. The van der Waals surface area contributed by atoms with Crippen LogP contribution in [0.4, 0.5) is 0 Å². The maximum atomic E-state index is 10.8. The van der Waals surface area contributed by atoms with E-state index in [1.54, 1.807) is 7.11 Å². The summed E-state index contributed by atoms with van der Waals surface area (Å²) in [5.74, 6) is -0.968. The summed E-state index contributed by atoms with van der Waals surface area (Å²) in [4.78, 5) is 12.7. The number of carbonyl (C=O) groups is 1. The maximum absolute atomic E-state index is 10.8. The van der Waals surface area contributed by atoms with Gasteiger partial charge in [0.2, 0.25) is 0 Å². The van der Waals surface area contributed by atoms with Gasteiger partial charge in [-0.1, -0.05) is 0 Å². The van der Waals surface area contributed by atoms with Gasteiger partial charge in [0.25, 0.3) is 0 Å². The van der Waals surface area contributed by atoms with E-state index in [2.05, 4.69) is 0 Å².